The number of benzene rings is 2. The number of aromatic nitrogens is 1. The van der Waals surface area contributed by atoms with Crippen LogP contribution in [0.3, 0.4) is 0 Å². The molecule has 0 bridgehead atoms. The Balaban J connectivity index is 1.82. The average Bonchev–Trinajstić information content (AvgIpc) is 3.07. The van der Waals surface area contributed by atoms with Gasteiger partial charge in [0.1, 0.15) is 11.4 Å². The van der Waals surface area contributed by atoms with Crippen LogP contribution < -0.4 is 15.8 Å². The first-order valence-corrected chi connectivity index (χ1v) is 9.87. The van der Waals surface area contributed by atoms with Crippen molar-refractivity contribution < 1.29 is 14.3 Å². The molecule has 0 aliphatic rings. The molecule has 1 amide bonds. The predicted molar refractivity (Wildman–Crippen MR) is 122 cm³/mol. The second kappa shape index (κ2) is 7.99. The van der Waals surface area contributed by atoms with Gasteiger partial charge in [0.05, 0.1) is 29.6 Å². The Labute approximate surface area is 180 Å². The van der Waals surface area contributed by atoms with E-state index in [0.29, 0.717) is 22.5 Å². The molecule has 6 nitrogen and oxygen atoms in total. The van der Waals surface area contributed by atoms with Crippen molar-refractivity contribution in [2.45, 2.75) is 13.8 Å². The van der Waals surface area contributed by atoms with Gasteiger partial charge in [-0.1, -0.05) is 30.3 Å². The molecule has 4 rings (SSSR count). The lowest BCUT2D eigenvalue weighted by Gasteiger charge is -2.10. The number of hydrogen-bond donors (Lipinski definition) is 2. The molecule has 0 saturated carbocycles. The second-order valence-corrected chi connectivity index (χ2v) is 7.38. The van der Waals surface area contributed by atoms with Gasteiger partial charge < -0.3 is 20.2 Å². The number of ether oxygens (including phenoxy) is 1. The van der Waals surface area contributed by atoms with Gasteiger partial charge >= 0.3 is 0 Å². The molecule has 0 saturated heterocycles. The molecule has 0 unspecified atom stereocenters. The number of carbonyl (C=O) groups is 2. The van der Waals surface area contributed by atoms with Crippen LogP contribution in [0, 0.1) is 13.8 Å². The summed E-state index contributed by atoms with van der Waals surface area (Å²) < 4.78 is 6.99. The summed E-state index contributed by atoms with van der Waals surface area (Å²) in [4.78, 5) is 26.6. The molecule has 0 radical (unpaired) electrons. The zero-order valence-corrected chi connectivity index (χ0v) is 17.6. The molecular formula is C25H23N3O3. The van der Waals surface area contributed by atoms with Crippen LogP contribution in [-0.4, -0.2) is 23.2 Å². The van der Waals surface area contributed by atoms with Crippen molar-refractivity contribution in [3.63, 3.8) is 0 Å². The maximum absolute atomic E-state index is 13.4. The normalized spacial score (nSPS) is 10.8. The number of aryl methyl sites for hydroxylation is 2. The lowest BCUT2D eigenvalue weighted by Crippen LogP contribution is -2.14. The van der Waals surface area contributed by atoms with Gasteiger partial charge in [-0.2, -0.15) is 0 Å². The predicted octanol–water partition coefficient (Wildman–Crippen LogP) is 4.63. The van der Waals surface area contributed by atoms with E-state index < -0.39 is 5.91 Å². The van der Waals surface area contributed by atoms with Gasteiger partial charge in [-0.15, -0.1) is 0 Å². The summed E-state index contributed by atoms with van der Waals surface area (Å²) in [5.41, 5.74) is 10.8. The fourth-order valence-corrected chi connectivity index (χ4v) is 3.65. The number of anilines is 2. The van der Waals surface area contributed by atoms with Crippen LogP contribution in [-0.2, 0) is 0 Å². The monoisotopic (exact) mass is 413 g/mol. The quantitative estimate of drug-likeness (QED) is 0.467. The minimum Gasteiger partial charge on any atom is -0.495 e. The average molecular weight is 413 g/mol. The van der Waals surface area contributed by atoms with E-state index in [1.54, 1.807) is 53.1 Å². The topological polar surface area (TPSA) is 85.8 Å². The molecule has 2 aromatic heterocycles. The van der Waals surface area contributed by atoms with Crippen LogP contribution in [0.15, 0.2) is 66.9 Å². The molecule has 0 aliphatic heterocycles. The van der Waals surface area contributed by atoms with Gasteiger partial charge in [-0.05, 0) is 55.3 Å². The van der Waals surface area contributed by atoms with E-state index in [4.69, 9.17) is 10.5 Å². The van der Waals surface area contributed by atoms with Gasteiger partial charge in [0, 0.05) is 11.8 Å². The summed E-state index contributed by atoms with van der Waals surface area (Å²) in [5.74, 6) is -0.118. The van der Waals surface area contributed by atoms with E-state index in [1.165, 1.54) is 7.11 Å². The first-order chi connectivity index (χ1) is 14.9. The van der Waals surface area contributed by atoms with Crippen LogP contribution in [0.1, 0.15) is 37.5 Å². The van der Waals surface area contributed by atoms with Gasteiger partial charge in [0.2, 0.25) is 5.78 Å². The minimum absolute atomic E-state index is 0.141. The highest BCUT2D eigenvalue weighted by molar-refractivity contribution is 6.20. The number of nitrogens with zero attached hydrogens (tertiary/aromatic N) is 1. The van der Waals surface area contributed by atoms with Crippen LogP contribution in [0.5, 0.6) is 5.75 Å². The van der Waals surface area contributed by atoms with Gasteiger partial charge in [-0.25, -0.2) is 0 Å². The molecule has 0 aliphatic carbocycles. The summed E-state index contributed by atoms with van der Waals surface area (Å²) >= 11 is 0. The minimum atomic E-state index is -0.412. The van der Waals surface area contributed by atoms with Crippen molar-refractivity contribution in [2.75, 3.05) is 18.2 Å². The third-order valence-electron chi connectivity index (χ3n) is 5.45. The number of ketones is 1. The maximum atomic E-state index is 13.4. The maximum Gasteiger partial charge on any atom is 0.260 e. The van der Waals surface area contributed by atoms with Gasteiger partial charge in [0.15, 0.2) is 0 Å². The fraction of sp³-hybridized carbons (Fsp3) is 0.120. The smallest absolute Gasteiger partial charge is 0.260 e. The summed E-state index contributed by atoms with van der Waals surface area (Å²) in [7, 11) is 1.54. The lowest BCUT2D eigenvalue weighted by atomic mass is 10.0. The Hall–Kier alpha value is -4.06. The van der Waals surface area contributed by atoms with Crippen LogP contribution in [0.25, 0.3) is 5.52 Å². The summed E-state index contributed by atoms with van der Waals surface area (Å²) in [6.45, 7) is 3.95. The number of carbonyl (C=O) groups excluding carboxylic acids is 2. The van der Waals surface area contributed by atoms with E-state index in [9.17, 15) is 9.59 Å². The molecule has 4 aromatic rings. The number of amides is 1. The highest BCUT2D eigenvalue weighted by Gasteiger charge is 2.26. The van der Waals surface area contributed by atoms with Gasteiger partial charge in [0.25, 0.3) is 5.91 Å². The van der Waals surface area contributed by atoms with Crippen molar-refractivity contribution in [3.05, 3.63) is 94.8 Å². The van der Waals surface area contributed by atoms with E-state index in [-0.39, 0.29) is 22.7 Å². The molecule has 2 heterocycles. The number of fused-ring (bicyclic) bond motifs is 1. The third-order valence-corrected chi connectivity index (χ3v) is 5.45. The SMILES string of the molecule is COc1ccccc1NC(=O)c1c(N)c(C(=O)c2ccc(C)c(C)c2)n2ccccc12. The lowest BCUT2D eigenvalue weighted by molar-refractivity contribution is 0.102. The molecule has 3 N–H and O–H groups in total. The number of hydrogen-bond acceptors (Lipinski definition) is 4. The Bertz CT molecular complexity index is 1320. The van der Waals surface area contributed by atoms with E-state index in [1.807, 2.05) is 32.0 Å². The molecule has 0 atom stereocenters. The highest BCUT2D eigenvalue weighted by atomic mass is 16.5. The summed E-state index contributed by atoms with van der Waals surface area (Å²) in [6, 6.07) is 18.0. The number of para-hydroxylation sites is 2. The number of pyridine rings is 1. The number of nitrogens with two attached hydrogens (primary N) is 1. The number of nitrogens with one attached hydrogen (secondary N) is 1. The standard InChI is InChI=1S/C25H23N3O3/c1-15-11-12-17(14-16(15)2)24(29)23-22(26)21(19-9-6-7-13-28(19)23)25(30)27-18-8-4-5-10-20(18)31-3/h4-14H,26H2,1-3H3,(H,27,30). The third kappa shape index (κ3) is 3.53. The van der Waals surface area contributed by atoms with Crippen molar-refractivity contribution in [1.82, 2.24) is 4.40 Å². The molecule has 31 heavy (non-hydrogen) atoms. The highest BCUT2D eigenvalue weighted by Crippen LogP contribution is 2.31. The Kier molecular flexibility index (Phi) is 5.21. The van der Waals surface area contributed by atoms with Crippen molar-refractivity contribution >= 4 is 28.6 Å². The summed E-state index contributed by atoms with van der Waals surface area (Å²) in [6.07, 6.45) is 1.74. The molecule has 2 aromatic carbocycles. The fourth-order valence-electron chi connectivity index (χ4n) is 3.65. The molecule has 6 heteroatoms. The zero-order chi connectivity index (χ0) is 22.1. The van der Waals surface area contributed by atoms with Crippen molar-refractivity contribution in [1.29, 1.82) is 0 Å². The van der Waals surface area contributed by atoms with Crippen molar-refractivity contribution in [2.24, 2.45) is 0 Å². The van der Waals surface area contributed by atoms with Crippen LogP contribution >= 0.6 is 0 Å². The van der Waals surface area contributed by atoms with E-state index in [0.717, 1.165) is 11.1 Å². The second-order valence-electron chi connectivity index (χ2n) is 7.38. The first kappa shape index (κ1) is 20.2. The van der Waals surface area contributed by atoms with Crippen LogP contribution in [0.2, 0.25) is 0 Å². The van der Waals surface area contributed by atoms with E-state index >= 15 is 0 Å². The molecule has 0 spiro atoms. The zero-order valence-electron chi connectivity index (χ0n) is 17.6. The first-order valence-electron chi connectivity index (χ1n) is 9.87. The largest absolute Gasteiger partial charge is 0.495 e. The van der Waals surface area contributed by atoms with Crippen LogP contribution in [0.4, 0.5) is 11.4 Å². The van der Waals surface area contributed by atoms with E-state index in [2.05, 4.69) is 5.32 Å². The number of nitrogen functional groups attached to an aromatic ring is 1. The van der Waals surface area contributed by atoms with Gasteiger partial charge in [-0.3, -0.25) is 9.59 Å². The number of methoxy groups -OCH3 is 1. The Morgan fingerprint density at radius 2 is 1.71 bits per heavy atom. The molecular weight excluding hydrogens is 390 g/mol. The molecule has 156 valence electrons. The Morgan fingerprint density at radius 3 is 2.45 bits per heavy atom. The number of rotatable bonds is 5. The Morgan fingerprint density at radius 1 is 0.968 bits per heavy atom. The van der Waals surface area contributed by atoms with Crippen molar-refractivity contribution in [3.8, 4) is 5.75 Å². The summed E-state index contributed by atoms with van der Waals surface area (Å²) in [5, 5.41) is 2.85. The molecule has 0 fully saturated rings.